The molecule has 6 rings (SSSR count). The molecule has 284 valence electrons. The molecule has 0 radical (unpaired) electrons. The van der Waals surface area contributed by atoms with Crippen LogP contribution in [0.2, 0.25) is 6.82 Å². The molecule has 0 bridgehead atoms. The molecule has 2 heterocycles. The van der Waals surface area contributed by atoms with E-state index in [0.29, 0.717) is 30.4 Å². The molecule has 4 amide bonds. The molecule has 55 heavy (non-hydrogen) atoms. The Labute approximate surface area is 321 Å². The van der Waals surface area contributed by atoms with Crippen molar-refractivity contribution in [3.8, 4) is 0 Å². The molecule has 0 fully saturated rings. The lowest BCUT2D eigenvalue weighted by atomic mass is 9.86. The van der Waals surface area contributed by atoms with Crippen molar-refractivity contribution in [2.75, 3.05) is 58.6 Å². The fraction of sp³-hybridized carbons (Fsp3) is 0.250. The van der Waals surface area contributed by atoms with E-state index in [9.17, 15) is 14.6 Å². The summed E-state index contributed by atoms with van der Waals surface area (Å²) in [5.74, 6) is 1.82. The van der Waals surface area contributed by atoms with Crippen LogP contribution in [0.3, 0.4) is 0 Å². The van der Waals surface area contributed by atoms with E-state index < -0.39 is 13.1 Å². The molecule has 0 aliphatic carbocycles. The van der Waals surface area contributed by atoms with Gasteiger partial charge in [0, 0.05) is 54.5 Å². The summed E-state index contributed by atoms with van der Waals surface area (Å²) in [4.78, 5) is 43.7. The van der Waals surface area contributed by atoms with Crippen molar-refractivity contribution in [1.82, 2.24) is 24.7 Å². The number of rotatable bonds is 13. The number of benzene rings is 4. The number of fused-ring (bicyclic) bond motifs is 2. The number of urea groups is 2. The average molecular weight is 742 g/mol. The van der Waals surface area contributed by atoms with Crippen LogP contribution < -0.4 is 31.9 Å². The third kappa shape index (κ3) is 12.7. The van der Waals surface area contributed by atoms with Gasteiger partial charge < -0.3 is 31.1 Å². The highest BCUT2D eigenvalue weighted by Crippen LogP contribution is 2.21. The molecule has 0 spiro atoms. The first kappa shape index (κ1) is 39.9. The fourth-order valence-corrected chi connectivity index (χ4v) is 5.43. The minimum Gasteiger partial charge on any atom is -0.437 e. The zero-order valence-electron chi connectivity index (χ0n) is 31.9. The maximum atomic E-state index is 12.4. The van der Waals surface area contributed by atoms with Crippen LogP contribution in [0.1, 0.15) is 31.2 Å². The molecule has 2 aromatic heterocycles. The molecule has 7 N–H and O–H groups in total. The Morgan fingerprint density at radius 2 is 1.09 bits per heavy atom. The second-order valence-corrected chi connectivity index (χ2v) is 13.0. The standard InChI is InChI=1S/C20H25BN6O2.C20H23N5O/c1-14-12-18(22-10-11-27(3)21(2)29)25-19(23-14)26-20(28)24-17-9-8-15-6-4-5-7-16(15)13-17;1-3-4-11-21-18-12-14(2)22-19(24-18)25-20(26)23-17-10-9-15-7-5-6-8-16(15)13-17/h4-9,12-13,29H,10-11H2,1-3H3,(H3,22,23,24,25,26,28);5-10,12-13H,3-4,11H2,1-2H3,(H3,21,22,23,24,25,26). The van der Waals surface area contributed by atoms with Gasteiger partial charge in [-0.2, -0.15) is 9.97 Å². The molecule has 4 aromatic carbocycles. The van der Waals surface area contributed by atoms with Gasteiger partial charge in [0.2, 0.25) is 11.9 Å². The number of hydrogen-bond donors (Lipinski definition) is 7. The van der Waals surface area contributed by atoms with Crippen LogP contribution in [-0.2, 0) is 0 Å². The number of aromatic nitrogens is 4. The summed E-state index contributed by atoms with van der Waals surface area (Å²) in [6.07, 6.45) is 2.17. The van der Waals surface area contributed by atoms with Gasteiger partial charge in [0.1, 0.15) is 11.6 Å². The lowest BCUT2D eigenvalue weighted by Crippen LogP contribution is -2.36. The zero-order valence-corrected chi connectivity index (χ0v) is 31.9. The van der Waals surface area contributed by atoms with Gasteiger partial charge in [0.15, 0.2) is 0 Å². The molecule has 0 atom stereocenters. The van der Waals surface area contributed by atoms with Crippen LogP contribution in [0.5, 0.6) is 0 Å². The molecular weight excluding hydrogens is 693 g/mol. The first-order valence-electron chi connectivity index (χ1n) is 18.3. The molecule has 0 aliphatic heterocycles. The lowest BCUT2D eigenvalue weighted by molar-refractivity contribution is 0.261. The molecule has 14 nitrogen and oxygen atoms in total. The van der Waals surface area contributed by atoms with Gasteiger partial charge in [0.05, 0.1) is 0 Å². The van der Waals surface area contributed by atoms with Crippen molar-refractivity contribution in [3.63, 3.8) is 0 Å². The number of hydrogen-bond acceptors (Lipinski definition) is 10. The van der Waals surface area contributed by atoms with E-state index in [4.69, 9.17) is 0 Å². The first-order valence-corrected chi connectivity index (χ1v) is 18.3. The van der Waals surface area contributed by atoms with Crippen molar-refractivity contribution in [2.24, 2.45) is 0 Å². The van der Waals surface area contributed by atoms with Crippen LogP contribution >= 0.6 is 0 Å². The zero-order chi connectivity index (χ0) is 39.2. The molecule has 0 unspecified atom stereocenters. The minimum absolute atomic E-state index is 0.217. The SMILES string of the molecule is CB(O)N(C)CCNc1cc(C)nc(NC(=O)Nc2ccc3ccccc3c2)n1.CCCCNc1cc(C)nc(NC(=O)Nc2ccc3ccccc3c2)n1. The second kappa shape index (κ2) is 19.7. The summed E-state index contributed by atoms with van der Waals surface area (Å²) >= 11 is 0. The van der Waals surface area contributed by atoms with E-state index in [1.165, 1.54) is 0 Å². The van der Waals surface area contributed by atoms with Crippen LogP contribution in [0.25, 0.3) is 21.5 Å². The number of carbonyl (C=O) groups excluding carboxylic acids is 2. The average Bonchev–Trinajstić information content (AvgIpc) is 3.14. The van der Waals surface area contributed by atoms with Crippen LogP contribution in [-0.4, -0.2) is 75.6 Å². The topological polar surface area (TPSA) is 181 Å². The maximum Gasteiger partial charge on any atom is 0.376 e. The Morgan fingerprint density at radius 1 is 0.636 bits per heavy atom. The highest BCUT2D eigenvalue weighted by molar-refractivity contribution is 6.45. The van der Waals surface area contributed by atoms with Crippen LogP contribution in [0, 0.1) is 13.8 Å². The van der Waals surface area contributed by atoms with Gasteiger partial charge in [0.25, 0.3) is 0 Å². The maximum absolute atomic E-state index is 12.4. The molecule has 0 saturated heterocycles. The monoisotopic (exact) mass is 741 g/mol. The van der Waals surface area contributed by atoms with E-state index in [2.05, 4.69) is 58.8 Å². The number of carbonyl (C=O) groups is 2. The Morgan fingerprint density at radius 3 is 1.55 bits per heavy atom. The Hall–Kier alpha value is -6.32. The van der Waals surface area contributed by atoms with Crippen LogP contribution in [0.15, 0.2) is 97.1 Å². The third-order valence-electron chi connectivity index (χ3n) is 8.42. The molecular formula is C40H48BN11O3. The van der Waals surface area contributed by atoms with E-state index in [-0.39, 0.29) is 17.9 Å². The number of unbranched alkanes of at least 4 members (excludes halogenated alkanes) is 1. The van der Waals surface area contributed by atoms with Gasteiger partial charge in [-0.05, 0) is 79.9 Å². The third-order valence-corrected chi connectivity index (χ3v) is 8.42. The minimum atomic E-state index is -0.514. The van der Waals surface area contributed by atoms with Crippen molar-refractivity contribution in [1.29, 1.82) is 0 Å². The van der Waals surface area contributed by atoms with Crippen LogP contribution in [0.4, 0.5) is 44.5 Å². The first-order chi connectivity index (χ1) is 26.5. The van der Waals surface area contributed by atoms with Crippen molar-refractivity contribution in [2.45, 2.75) is 40.4 Å². The summed E-state index contributed by atoms with van der Waals surface area (Å²) in [6, 6.07) is 30.3. The number of likely N-dealkylation sites (N-methyl/N-ethyl adjacent to an activating group) is 1. The van der Waals surface area contributed by atoms with Crippen molar-refractivity contribution >= 4 is 75.6 Å². The van der Waals surface area contributed by atoms with Gasteiger partial charge in [-0.25, -0.2) is 19.6 Å². The number of aryl methyl sites for hydroxylation is 2. The Balaban J connectivity index is 0.000000212. The lowest BCUT2D eigenvalue weighted by Gasteiger charge is -2.17. The summed E-state index contributed by atoms with van der Waals surface area (Å²) in [7, 11) is 1.32. The quantitative estimate of drug-likeness (QED) is 0.0455. The molecule has 6 aromatic rings. The predicted molar refractivity (Wildman–Crippen MR) is 225 cm³/mol. The molecule has 15 heteroatoms. The van der Waals surface area contributed by atoms with Gasteiger partial charge >= 0.3 is 19.1 Å². The number of nitrogens with one attached hydrogen (secondary N) is 6. The van der Waals surface area contributed by atoms with Gasteiger partial charge in [-0.1, -0.05) is 74.0 Å². The van der Waals surface area contributed by atoms with E-state index in [0.717, 1.165) is 58.0 Å². The van der Waals surface area contributed by atoms with E-state index in [1.54, 1.807) is 17.7 Å². The summed E-state index contributed by atoms with van der Waals surface area (Å²) in [5.41, 5.74) is 2.93. The fourth-order valence-electron chi connectivity index (χ4n) is 5.43. The highest BCUT2D eigenvalue weighted by Gasteiger charge is 2.12. The van der Waals surface area contributed by atoms with Gasteiger partial charge in [-0.3, -0.25) is 10.6 Å². The highest BCUT2D eigenvalue weighted by atomic mass is 16.2. The van der Waals surface area contributed by atoms with Crippen molar-refractivity contribution in [3.05, 3.63) is 108 Å². The summed E-state index contributed by atoms with van der Waals surface area (Å²) in [5, 5.41) is 31.3. The smallest absolute Gasteiger partial charge is 0.376 e. The normalized spacial score (nSPS) is 10.7. The van der Waals surface area contributed by atoms with E-state index in [1.807, 2.05) is 112 Å². The predicted octanol–water partition coefficient (Wildman–Crippen LogP) is 7.83. The van der Waals surface area contributed by atoms with Gasteiger partial charge in [-0.15, -0.1) is 0 Å². The van der Waals surface area contributed by atoms with Crippen molar-refractivity contribution < 1.29 is 14.6 Å². The largest absolute Gasteiger partial charge is 0.437 e. The number of anilines is 6. The Kier molecular flexibility index (Phi) is 14.3. The summed E-state index contributed by atoms with van der Waals surface area (Å²) < 4.78 is 0. The van der Waals surface area contributed by atoms with E-state index >= 15 is 0 Å². The molecule has 0 saturated carbocycles. The molecule has 0 aliphatic rings. The Bertz CT molecular complexity index is 2220. The number of amides is 4. The second-order valence-electron chi connectivity index (χ2n) is 13.0. The number of nitrogens with zero attached hydrogens (tertiary/aromatic N) is 5. The summed E-state index contributed by atoms with van der Waals surface area (Å²) in [6.45, 7) is 9.64.